The summed E-state index contributed by atoms with van der Waals surface area (Å²) in [6, 6.07) is 15.4. The zero-order valence-electron chi connectivity index (χ0n) is 11.5. The Morgan fingerprint density at radius 1 is 1.19 bits per heavy atom. The van der Waals surface area contributed by atoms with Gasteiger partial charge in [0.1, 0.15) is 11.6 Å². The molecule has 3 rings (SSSR count). The number of aryl methyl sites for hydroxylation is 1. The molecule has 4 nitrogen and oxygen atoms in total. The van der Waals surface area contributed by atoms with Crippen LogP contribution in [0.25, 0.3) is 10.2 Å². The molecule has 0 unspecified atom stereocenters. The highest BCUT2D eigenvalue weighted by Crippen LogP contribution is 2.22. The van der Waals surface area contributed by atoms with Gasteiger partial charge in [0.05, 0.1) is 10.2 Å². The van der Waals surface area contributed by atoms with Gasteiger partial charge >= 0.3 is 6.09 Å². The molecular weight excluding hydrogens is 284 g/mol. The molecule has 2 aromatic carbocycles. The molecule has 0 saturated heterocycles. The summed E-state index contributed by atoms with van der Waals surface area (Å²) in [4.78, 5) is 16.1. The summed E-state index contributed by atoms with van der Waals surface area (Å²) in [5, 5.41) is 3.48. The van der Waals surface area contributed by atoms with E-state index in [9.17, 15) is 4.79 Å². The van der Waals surface area contributed by atoms with E-state index in [4.69, 9.17) is 4.74 Å². The zero-order chi connectivity index (χ0) is 14.7. The highest BCUT2D eigenvalue weighted by molar-refractivity contribution is 7.18. The number of carbonyl (C=O) groups is 1. The molecule has 0 aliphatic carbocycles. The third-order valence-corrected chi connectivity index (χ3v) is 3.97. The Morgan fingerprint density at radius 3 is 2.71 bits per heavy atom. The third kappa shape index (κ3) is 3.38. The van der Waals surface area contributed by atoms with Gasteiger partial charge in [-0.1, -0.05) is 29.8 Å². The average Bonchev–Trinajstić information content (AvgIpc) is 2.90. The zero-order valence-corrected chi connectivity index (χ0v) is 12.3. The molecule has 1 N–H and O–H groups in total. The second-order valence-corrected chi connectivity index (χ2v) is 5.76. The Morgan fingerprint density at radius 2 is 1.95 bits per heavy atom. The monoisotopic (exact) mass is 298 g/mol. The maximum absolute atomic E-state index is 11.7. The topological polar surface area (TPSA) is 51.2 Å². The largest absolute Gasteiger partial charge is 0.442 e. The van der Waals surface area contributed by atoms with E-state index in [0.717, 1.165) is 26.5 Å². The number of carbonyl (C=O) groups excluding carboxylic acids is 1. The van der Waals surface area contributed by atoms with Crippen LogP contribution in [0.1, 0.15) is 10.6 Å². The van der Waals surface area contributed by atoms with Crippen LogP contribution < -0.4 is 5.32 Å². The molecule has 3 aromatic rings. The highest BCUT2D eigenvalue weighted by Gasteiger charge is 2.07. The van der Waals surface area contributed by atoms with Gasteiger partial charge < -0.3 is 4.74 Å². The normalized spacial score (nSPS) is 10.5. The summed E-state index contributed by atoms with van der Waals surface area (Å²) >= 11 is 1.53. The molecule has 0 aliphatic heterocycles. The predicted octanol–water partition coefficient (Wildman–Crippen LogP) is 4.35. The number of hydrogen-bond acceptors (Lipinski definition) is 4. The van der Waals surface area contributed by atoms with Crippen LogP contribution in [0.15, 0.2) is 48.5 Å². The number of nitrogens with one attached hydrogen (secondary N) is 1. The van der Waals surface area contributed by atoms with Crippen molar-refractivity contribution in [2.24, 2.45) is 0 Å². The van der Waals surface area contributed by atoms with E-state index in [1.165, 1.54) is 11.3 Å². The van der Waals surface area contributed by atoms with E-state index in [0.29, 0.717) is 0 Å². The van der Waals surface area contributed by atoms with Crippen molar-refractivity contribution in [1.29, 1.82) is 0 Å². The second kappa shape index (κ2) is 5.93. The molecule has 0 spiro atoms. The summed E-state index contributed by atoms with van der Waals surface area (Å²) in [6.07, 6.45) is -0.474. The van der Waals surface area contributed by atoms with Crippen LogP contribution in [0.2, 0.25) is 0 Å². The standard InChI is InChI=1S/C16H14N2O2S/c1-11-6-8-12(9-7-11)17-16(19)20-10-15-18-13-4-2-3-5-14(13)21-15/h2-9H,10H2,1H3,(H,17,19). The summed E-state index contributed by atoms with van der Waals surface area (Å²) < 4.78 is 6.28. The lowest BCUT2D eigenvalue weighted by atomic mass is 10.2. The molecule has 106 valence electrons. The van der Waals surface area contributed by atoms with Crippen molar-refractivity contribution in [3.63, 3.8) is 0 Å². The van der Waals surface area contributed by atoms with Gasteiger partial charge in [-0.25, -0.2) is 9.78 Å². The number of para-hydroxylation sites is 1. The molecular formula is C16H14N2O2S. The van der Waals surface area contributed by atoms with Crippen LogP contribution in [-0.4, -0.2) is 11.1 Å². The maximum Gasteiger partial charge on any atom is 0.412 e. The lowest BCUT2D eigenvalue weighted by Crippen LogP contribution is -2.13. The fourth-order valence-corrected chi connectivity index (χ4v) is 2.78. The quantitative estimate of drug-likeness (QED) is 0.782. The van der Waals surface area contributed by atoms with E-state index in [1.54, 1.807) is 0 Å². The smallest absolute Gasteiger partial charge is 0.412 e. The Labute approximate surface area is 126 Å². The number of benzene rings is 2. The lowest BCUT2D eigenvalue weighted by Gasteiger charge is -2.05. The minimum absolute atomic E-state index is 0.178. The maximum atomic E-state index is 11.7. The van der Waals surface area contributed by atoms with Gasteiger partial charge in [0.2, 0.25) is 0 Å². The fraction of sp³-hybridized carbons (Fsp3) is 0.125. The minimum Gasteiger partial charge on any atom is -0.442 e. The molecule has 1 heterocycles. The van der Waals surface area contributed by atoms with Crippen molar-refractivity contribution in [2.45, 2.75) is 13.5 Å². The Kier molecular flexibility index (Phi) is 3.83. The Bertz CT molecular complexity index is 732. The minimum atomic E-state index is -0.474. The molecule has 0 bridgehead atoms. The van der Waals surface area contributed by atoms with Crippen molar-refractivity contribution in [2.75, 3.05) is 5.32 Å². The van der Waals surface area contributed by atoms with E-state index >= 15 is 0 Å². The van der Waals surface area contributed by atoms with Crippen molar-refractivity contribution in [3.8, 4) is 0 Å². The number of hydrogen-bond donors (Lipinski definition) is 1. The van der Waals surface area contributed by atoms with Gasteiger partial charge in [-0.2, -0.15) is 0 Å². The first-order valence-corrected chi connectivity index (χ1v) is 7.37. The number of nitrogens with zero attached hydrogens (tertiary/aromatic N) is 1. The van der Waals surface area contributed by atoms with Crippen LogP contribution >= 0.6 is 11.3 Å². The first-order chi connectivity index (χ1) is 10.2. The predicted molar refractivity (Wildman–Crippen MR) is 84.6 cm³/mol. The highest BCUT2D eigenvalue weighted by atomic mass is 32.1. The third-order valence-electron chi connectivity index (χ3n) is 2.96. The van der Waals surface area contributed by atoms with E-state index in [2.05, 4.69) is 10.3 Å². The van der Waals surface area contributed by atoms with Crippen molar-refractivity contribution in [1.82, 2.24) is 4.98 Å². The van der Waals surface area contributed by atoms with Gasteiger partial charge in [-0.3, -0.25) is 5.32 Å². The van der Waals surface area contributed by atoms with Gasteiger partial charge in [-0.05, 0) is 31.2 Å². The summed E-state index contributed by atoms with van der Waals surface area (Å²) in [5.41, 5.74) is 2.79. The number of fused-ring (bicyclic) bond motifs is 1. The van der Waals surface area contributed by atoms with Crippen LogP contribution in [0.5, 0.6) is 0 Å². The SMILES string of the molecule is Cc1ccc(NC(=O)OCc2nc3ccccc3s2)cc1. The first-order valence-electron chi connectivity index (χ1n) is 6.55. The van der Waals surface area contributed by atoms with E-state index < -0.39 is 6.09 Å². The molecule has 0 atom stereocenters. The molecule has 21 heavy (non-hydrogen) atoms. The van der Waals surface area contributed by atoms with Crippen LogP contribution in [-0.2, 0) is 11.3 Å². The number of amides is 1. The van der Waals surface area contributed by atoms with Gasteiger partial charge in [0.15, 0.2) is 0 Å². The Hall–Kier alpha value is -2.40. The van der Waals surface area contributed by atoms with Gasteiger partial charge in [-0.15, -0.1) is 11.3 Å². The average molecular weight is 298 g/mol. The van der Waals surface area contributed by atoms with Crippen LogP contribution in [0, 0.1) is 6.92 Å². The first kappa shape index (κ1) is 13.6. The summed E-state index contributed by atoms with van der Waals surface area (Å²) in [7, 11) is 0. The lowest BCUT2D eigenvalue weighted by molar-refractivity contribution is 0.155. The van der Waals surface area contributed by atoms with Crippen molar-refractivity contribution < 1.29 is 9.53 Å². The van der Waals surface area contributed by atoms with Crippen LogP contribution in [0.4, 0.5) is 10.5 Å². The van der Waals surface area contributed by atoms with E-state index in [-0.39, 0.29) is 6.61 Å². The Balaban J connectivity index is 1.59. The van der Waals surface area contributed by atoms with E-state index in [1.807, 2.05) is 55.5 Å². The molecule has 1 aromatic heterocycles. The van der Waals surface area contributed by atoms with Gasteiger partial charge in [0, 0.05) is 5.69 Å². The number of rotatable bonds is 3. The summed E-state index contributed by atoms with van der Waals surface area (Å²) in [6.45, 7) is 2.17. The number of ether oxygens (including phenoxy) is 1. The molecule has 0 saturated carbocycles. The molecule has 0 radical (unpaired) electrons. The number of thiazole rings is 1. The van der Waals surface area contributed by atoms with Crippen molar-refractivity contribution in [3.05, 3.63) is 59.1 Å². The molecule has 5 heteroatoms. The number of aromatic nitrogens is 1. The molecule has 0 aliphatic rings. The fourth-order valence-electron chi connectivity index (χ4n) is 1.90. The molecule has 1 amide bonds. The van der Waals surface area contributed by atoms with Crippen LogP contribution in [0.3, 0.4) is 0 Å². The summed E-state index contributed by atoms with van der Waals surface area (Å²) in [5.74, 6) is 0. The molecule has 0 fully saturated rings. The van der Waals surface area contributed by atoms with Gasteiger partial charge in [0.25, 0.3) is 0 Å². The van der Waals surface area contributed by atoms with Crippen molar-refractivity contribution >= 4 is 33.3 Å². The second-order valence-electron chi connectivity index (χ2n) is 4.64. The number of anilines is 1.